The van der Waals surface area contributed by atoms with Gasteiger partial charge in [0.15, 0.2) is 0 Å². The number of hydrogen-bond acceptors (Lipinski definition) is 1. The third-order valence-corrected chi connectivity index (χ3v) is 0.167. The van der Waals surface area contributed by atoms with E-state index < -0.39 is 0 Å². The monoisotopic (exact) mass is 58.0 g/mol. The normalized spacial score (nSPS) is 7.50. The first kappa shape index (κ1) is 3.96. The van der Waals surface area contributed by atoms with Gasteiger partial charge >= 0.3 is 0 Å². The molecule has 0 amide bonds. The molecule has 0 saturated heterocycles. The number of rotatable bonds is 1. The number of hydrogen-bond donors (Lipinski definition) is 0. The summed E-state index contributed by atoms with van der Waals surface area (Å²) in [6.07, 6.45) is 0. The minimum absolute atomic E-state index is 0.319. The first-order valence-corrected chi connectivity index (χ1v) is 1.11. The molecule has 0 aromatic heterocycles. The van der Waals surface area contributed by atoms with Crippen LogP contribution in [0.15, 0.2) is 0 Å². The average molecular weight is 58.1 g/mol. The van der Waals surface area contributed by atoms with Crippen LogP contribution in [0.25, 0.3) is 0 Å². The van der Waals surface area contributed by atoms with E-state index in [9.17, 15) is 0 Å². The molecule has 1 heteroatoms. The van der Waals surface area contributed by atoms with Crippen LogP contribution >= 0.6 is 0 Å². The summed E-state index contributed by atoms with van der Waals surface area (Å²) in [6, 6.07) is 0. The summed E-state index contributed by atoms with van der Waals surface area (Å²) in [7, 11) is 1.56. The summed E-state index contributed by atoms with van der Waals surface area (Å²) in [6.45, 7) is 5.12. The van der Waals surface area contributed by atoms with Crippen LogP contribution in [0.4, 0.5) is 0 Å². The van der Waals surface area contributed by atoms with E-state index in [1.54, 1.807) is 7.11 Å². The molecule has 2 radical (unpaired) electrons. The Bertz CT molecular complexity index is 5.25. The summed E-state index contributed by atoms with van der Waals surface area (Å²) >= 11 is 0. The van der Waals surface area contributed by atoms with Crippen LogP contribution in [0.5, 0.6) is 0 Å². The van der Waals surface area contributed by atoms with Crippen LogP contribution in [0.2, 0.25) is 0 Å². The van der Waals surface area contributed by atoms with Crippen LogP contribution in [0.3, 0.4) is 0 Å². The molecule has 0 aliphatic carbocycles. The lowest BCUT2D eigenvalue weighted by Gasteiger charge is -1.75. The van der Waals surface area contributed by atoms with Crippen molar-refractivity contribution in [2.75, 3.05) is 13.7 Å². The summed E-state index contributed by atoms with van der Waals surface area (Å²) in [5.74, 6) is 0. The fourth-order valence-corrected chi connectivity index (χ4v) is 0. The zero-order valence-corrected chi connectivity index (χ0v) is 2.69. The van der Waals surface area contributed by atoms with Crippen molar-refractivity contribution in [2.45, 2.75) is 0 Å². The highest BCUT2D eigenvalue weighted by atomic mass is 16.5. The Balaban J connectivity index is 1.97. The molecular formula is C3H6O. The molecule has 4 heavy (non-hydrogen) atoms. The molecule has 0 heterocycles. The molecule has 0 saturated carbocycles. The van der Waals surface area contributed by atoms with Gasteiger partial charge in [-0.2, -0.15) is 0 Å². The maximum absolute atomic E-state index is 4.81. The van der Waals surface area contributed by atoms with Crippen molar-refractivity contribution in [1.82, 2.24) is 0 Å². The average Bonchev–Trinajstić information content (AvgIpc) is 1.37. The van der Waals surface area contributed by atoms with E-state index >= 15 is 0 Å². The molecule has 0 atom stereocenters. The van der Waals surface area contributed by atoms with Gasteiger partial charge in [-0.3, -0.25) is 0 Å². The smallest absolute Gasteiger partial charge is 0.0497 e. The largest absolute Gasteiger partial charge is 0.384 e. The Morgan fingerprint density at radius 1 is 2.00 bits per heavy atom. The molecule has 0 spiro atoms. The molecule has 1 nitrogen and oxygen atoms in total. The third-order valence-electron chi connectivity index (χ3n) is 0.167. The zero-order valence-electron chi connectivity index (χ0n) is 2.69. The molecule has 0 rings (SSSR count). The molecule has 0 aliphatic rings. The van der Waals surface area contributed by atoms with Crippen molar-refractivity contribution >= 4 is 0 Å². The molecule has 24 valence electrons. The van der Waals surface area contributed by atoms with Crippen molar-refractivity contribution < 1.29 is 4.74 Å². The molecule has 0 unspecified atom stereocenters. The summed E-state index contributed by atoms with van der Waals surface area (Å²) < 4.78 is 4.32. The minimum atomic E-state index is 0.319. The molecule has 0 N–H and O–H groups in total. The Hall–Kier alpha value is -0.0400. The molecule has 0 aliphatic heterocycles. The topological polar surface area (TPSA) is 9.23 Å². The van der Waals surface area contributed by atoms with Crippen LogP contribution < -0.4 is 0 Å². The Morgan fingerprint density at radius 3 is 2.25 bits per heavy atom. The van der Waals surface area contributed by atoms with E-state index in [0.29, 0.717) is 6.61 Å². The van der Waals surface area contributed by atoms with Gasteiger partial charge in [-0.25, -0.2) is 0 Å². The van der Waals surface area contributed by atoms with E-state index in [1.165, 1.54) is 0 Å². The van der Waals surface area contributed by atoms with Crippen molar-refractivity contribution in [1.29, 1.82) is 0 Å². The summed E-state index contributed by atoms with van der Waals surface area (Å²) in [5, 5.41) is 0. The lowest BCUT2D eigenvalue weighted by atomic mass is 10.9. The summed E-state index contributed by atoms with van der Waals surface area (Å²) in [4.78, 5) is 0. The van der Waals surface area contributed by atoms with Gasteiger partial charge in [0.05, 0.1) is 0 Å². The SMILES string of the molecule is [CH]COC. The maximum Gasteiger partial charge on any atom is 0.0497 e. The molecular weight excluding hydrogens is 52.0 g/mol. The van der Waals surface area contributed by atoms with Gasteiger partial charge in [-0.05, 0) is 6.92 Å². The summed E-state index contributed by atoms with van der Waals surface area (Å²) in [5.41, 5.74) is 0. The second-order valence-corrected chi connectivity index (χ2v) is 0.455. The lowest BCUT2D eigenvalue weighted by Crippen LogP contribution is -1.74. The fraction of sp³-hybridized carbons (Fsp3) is 0.667. The first-order chi connectivity index (χ1) is 1.91. The van der Waals surface area contributed by atoms with Gasteiger partial charge in [-0.15, -0.1) is 0 Å². The second kappa shape index (κ2) is 2.96. The van der Waals surface area contributed by atoms with Gasteiger partial charge in [0.1, 0.15) is 0 Å². The van der Waals surface area contributed by atoms with E-state index in [4.69, 9.17) is 6.92 Å². The standard InChI is InChI=1S/C3H6O/c1-3-4-2/h1H,3H2,2H3. The predicted octanol–water partition coefficient (Wildman–Crippen LogP) is 0.344. The Kier molecular flexibility index (Phi) is 2.93. The van der Waals surface area contributed by atoms with Crippen molar-refractivity contribution in [3.8, 4) is 0 Å². The van der Waals surface area contributed by atoms with Crippen LogP contribution in [0, 0.1) is 6.92 Å². The van der Waals surface area contributed by atoms with Gasteiger partial charge < -0.3 is 4.74 Å². The fourth-order valence-electron chi connectivity index (χ4n) is 0. The van der Waals surface area contributed by atoms with Crippen molar-refractivity contribution in [3.63, 3.8) is 0 Å². The Morgan fingerprint density at radius 2 is 2.25 bits per heavy atom. The van der Waals surface area contributed by atoms with Crippen LogP contribution in [-0.2, 0) is 4.74 Å². The highest BCUT2D eigenvalue weighted by molar-refractivity contribution is 4.21. The van der Waals surface area contributed by atoms with Crippen molar-refractivity contribution in [2.24, 2.45) is 0 Å². The molecule has 0 aromatic carbocycles. The van der Waals surface area contributed by atoms with Crippen LogP contribution in [0.1, 0.15) is 0 Å². The van der Waals surface area contributed by atoms with Gasteiger partial charge in [0, 0.05) is 13.7 Å². The van der Waals surface area contributed by atoms with E-state index in [-0.39, 0.29) is 0 Å². The van der Waals surface area contributed by atoms with Gasteiger partial charge in [0.25, 0.3) is 0 Å². The highest BCUT2D eigenvalue weighted by Gasteiger charge is 1.52. The first-order valence-electron chi connectivity index (χ1n) is 1.11. The molecule has 0 bridgehead atoms. The number of ether oxygens (including phenoxy) is 1. The predicted molar refractivity (Wildman–Crippen MR) is 16.2 cm³/mol. The highest BCUT2D eigenvalue weighted by Crippen LogP contribution is 1.51. The molecule has 0 aromatic rings. The third kappa shape index (κ3) is 1.96. The van der Waals surface area contributed by atoms with Gasteiger partial charge in [-0.1, -0.05) is 0 Å². The number of methoxy groups -OCH3 is 1. The second-order valence-electron chi connectivity index (χ2n) is 0.455. The van der Waals surface area contributed by atoms with Crippen molar-refractivity contribution in [3.05, 3.63) is 6.92 Å². The van der Waals surface area contributed by atoms with Gasteiger partial charge in [0.2, 0.25) is 0 Å². The maximum atomic E-state index is 4.81. The van der Waals surface area contributed by atoms with E-state index in [1.807, 2.05) is 0 Å². The van der Waals surface area contributed by atoms with Crippen LogP contribution in [-0.4, -0.2) is 13.7 Å². The van der Waals surface area contributed by atoms with E-state index in [0.717, 1.165) is 0 Å². The minimum Gasteiger partial charge on any atom is -0.384 e. The zero-order chi connectivity index (χ0) is 3.41. The molecule has 0 fully saturated rings. The van der Waals surface area contributed by atoms with E-state index in [2.05, 4.69) is 4.74 Å². The lowest BCUT2D eigenvalue weighted by molar-refractivity contribution is 0.232. The quantitative estimate of drug-likeness (QED) is 0.422. The Labute approximate surface area is 26.6 Å².